The van der Waals surface area contributed by atoms with Gasteiger partial charge in [0.15, 0.2) is 0 Å². The van der Waals surface area contributed by atoms with E-state index in [1.54, 1.807) is 9.80 Å². The molecule has 2 N–H and O–H groups in total. The van der Waals surface area contributed by atoms with Crippen LogP contribution in [0.1, 0.15) is 19.8 Å². The van der Waals surface area contributed by atoms with E-state index in [0.717, 1.165) is 18.6 Å². The van der Waals surface area contributed by atoms with Gasteiger partial charge in [0, 0.05) is 44.9 Å². The number of hydrogen-bond donors (Lipinski definition) is 2. The lowest BCUT2D eigenvalue weighted by Gasteiger charge is -2.36. The Morgan fingerprint density at radius 1 is 1.30 bits per heavy atom. The molecule has 0 spiro atoms. The zero-order valence-electron chi connectivity index (χ0n) is 13.3. The van der Waals surface area contributed by atoms with E-state index < -0.39 is 11.6 Å². The van der Waals surface area contributed by atoms with Crippen molar-refractivity contribution < 1.29 is 18.7 Å². The van der Waals surface area contributed by atoms with Gasteiger partial charge in [0.05, 0.1) is 5.69 Å². The molecule has 0 aromatic heterocycles. The summed E-state index contributed by atoms with van der Waals surface area (Å²) in [6.45, 7) is 3.82. The highest BCUT2D eigenvalue weighted by Gasteiger charge is 2.23. The average molecular weight is 327 g/mol. The van der Waals surface area contributed by atoms with E-state index in [4.69, 9.17) is 5.11 Å². The van der Waals surface area contributed by atoms with Gasteiger partial charge < -0.3 is 20.2 Å². The van der Waals surface area contributed by atoms with E-state index in [-0.39, 0.29) is 24.4 Å². The lowest BCUT2D eigenvalue weighted by Crippen LogP contribution is -2.53. The summed E-state index contributed by atoms with van der Waals surface area (Å²) >= 11 is 0. The molecule has 1 heterocycles. The summed E-state index contributed by atoms with van der Waals surface area (Å²) in [6, 6.07) is 3.23. The van der Waals surface area contributed by atoms with Gasteiger partial charge in [-0.15, -0.1) is 0 Å². The molecule has 2 rings (SSSR count). The Morgan fingerprint density at radius 3 is 2.65 bits per heavy atom. The molecule has 0 saturated carbocycles. The number of carbonyl (C=O) groups is 1. The molecule has 1 fully saturated rings. The summed E-state index contributed by atoms with van der Waals surface area (Å²) in [5.74, 6) is -0.929. The zero-order valence-corrected chi connectivity index (χ0v) is 13.3. The van der Waals surface area contributed by atoms with Crippen LogP contribution in [0.3, 0.4) is 0 Å². The number of urea groups is 1. The van der Waals surface area contributed by atoms with E-state index >= 15 is 0 Å². The predicted octanol–water partition coefficient (Wildman–Crippen LogP) is 1.96. The molecule has 0 aliphatic carbocycles. The van der Waals surface area contributed by atoms with E-state index in [1.807, 2.05) is 6.92 Å². The number of nitrogens with one attached hydrogen (secondary N) is 1. The minimum Gasteiger partial charge on any atom is -0.396 e. The highest BCUT2D eigenvalue weighted by molar-refractivity contribution is 5.74. The second-order valence-electron chi connectivity index (χ2n) is 5.79. The van der Waals surface area contributed by atoms with Crippen molar-refractivity contribution in [3.63, 3.8) is 0 Å². The number of aliphatic hydroxyl groups excluding tert-OH is 1. The Hall–Kier alpha value is -1.89. The highest BCUT2D eigenvalue weighted by Crippen LogP contribution is 2.21. The molecule has 1 aliphatic rings. The van der Waals surface area contributed by atoms with Gasteiger partial charge in [-0.05, 0) is 31.9 Å². The Balaban J connectivity index is 1.86. The van der Waals surface area contributed by atoms with Crippen molar-refractivity contribution in [2.45, 2.75) is 25.8 Å². The fourth-order valence-electron chi connectivity index (χ4n) is 2.65. The molecule has 23 heavy (non-hydrogen) atoms. The van der Waals surface area contributed by atoms with Crippen LogP contribution in [0.15, 0.2) is 18.2 Å². The molecule has 128 valence electrons. The van der Waals surface area contributed by atoms with Crippen LogP contribution < -0.4 is 10.2 Å². The van der Waals surface area contributed by atoms with Crippen LogP contribution in [0.2, 0.25) is 0 Å². The Bertz CT molecular complexity index is 534. The number of halogens is 2. The van der Waals surface area contributed by atoms with Crippen molar-refractivity contribution in [1.82, 2.24) is 10.2 Å². The number of carbonyl (C=O) groups excluding carboxylic acids is 1. The quantitative estimate of drug-likeness (QED) is 0.869. The third kappa shape index (κ3) is 4.79. The maximum Gasteiger partial charge on any atom is 0.317 e. The SMILES string of the molecule is CC(CCCO)NC(=O)N1CCN(c2cc(F)ccc2F)CC1. The maximum atomic E-state index is 13.8. The third-order valence-electron chi connectivity index (χ3n) is 3.98. The van der Waals surface area contributed by atoms with Gasteiger partial charge >= 0.3 is 6.03 Å². The number of rotatable bonds is 5. The first-order chi connectivity index (χ1) is 11.0. The largest absolute Gasteiger partial charge is 0.396 e. The van der Waals surface area contributed by atoms with Crippen molar-refractivity contribution >= 4 is 11.7 Å². The highest BCUT2D eigenvalue weighted by atomic mass is 19.1. The molecular formula is C16H23F2N3O2. The van der Waals surface area contributed by atoms with Crippen LogP contribution in [0.5, 0.6) is 0 Å². The smallest absolute Gasteiger partial charge is 0.317 e. The van der Waals surface area contributed by atoms with Gasteiger partial charge in [-0.2, -0.15) is 0 Å². The minimum absolute atomic E-state index is 0.00616. The number of hydrogen-bond acceptors (Lipinski definition) is 3. The van der Waals surface area contributed by atoms with Crippen LogP contribution in [0, 0.1) is 11.6 Å². The van der Waals surface area contributed by atoms with Crippen LogP contribution in [0.4, 0.5) is 19.3 Å². The van der Waals surface area contributed by atoms with Crippen LogP contribution in [-0.4, -0.2) is 54.9 Å². The first-order valence-electron chi connectivity index (χ1n) is 7.87. The van der Waals surface area contributed by atoms with E-state index in [1.165, 1.54) is 6.07 Å². The number of piperazine rings is 1. The monoisotopic (exact) mass is 327 g/mol. The fourth-order valence-corrected chi connectivity index (χ4v) is 2.65. The molecule has 1 saturated heterocycles. The summed E-state index contributed by atoms with van der Waals surface area (Å²) in [5, 5.41) is 11.7. The van der Waals surface area contributed by atoms with Crippen molar-refractivity contribution in [1.29, 1.82) is 0 Å². The number of nitrogens with zero attached hydrogens (tertiary/aromatic N) is 2. The molecule has 1 aromatic carbocycles. The van der Waals surface area contributed by atoms with Crippen LogP contribution in [-0.2, 0) is 0 Å². The fraction of sp³-hybridized carbons (Fsp3) is 0.562. The first kappa shape index (κ1) is 17.5. The second kappa shape index (κ2) is 8.10. The lowest BCUT2D eigenvalue weighted by molar-refractivity contribution is 0.189. The summed E-state index contributed by atoms with van der Waals surface area (Å²) in [4.78, 5) is 15.6. The number of aliphatic hydroxyl groups is 1. The summed E-state index contributed by atoms with van der Waals surface area (Å²) in [5.41, 5.74) is 0.237. The summed E-state index contributed by atoms with van der Waals surface area (Å²) in [7, 11) is 0. The van der Waals surface area contributed by atoms with Gasteiger partial charge in [0.1, 0.15) is 11.6 Å². The predicted molar refractivity (Wildman–Crippen MR) is 84.5 cm³/mol. The van der Waals surface area contributed by atoms with E-state index in [0.29, 0.717) is 32.6 Å². The van der Waals surface area contributed by atoms with Gasteiger partial charge in [-0.3, -0.25) is 0 Å². The molecule has 0 radical (unpaired) electrons. The maximum absolute atomic E-state index is 13.8. The normalized spacial score (nSPS) is 16.3. The van der Waals surface area contributed by atoms with Crippen molar-refractivity contribution in [2.24, 2.45) is 0 Å². The number of amides is 2. The van der Waals surface area contributed by atoms with Gasteiger partial charge in [-0.25, -0.2) is 13.6 Å². The number of benzene rings is 1. The van der Waals surface area contributed by atoms with Crippen molar-refractivity contribution in [2.75, 3.05) is 37.7 Å². The standard InChI is InChI=1S/C16H23F2N3O2/c1-12(3-2-10-22)19-16(23)21-8-6-20(7-9-21)15-11-13(17)4-5-14(15)18/h4-5,11-12,22H,2-3,6-10H2,1H3,(H,19,23). The number of anilines is 1. The molecule has 1 aliphatic heterocycles. The second-order valence-corrected chi connectivity index (χ2v) is 5.79. The molecule has 2 amide bonds. The van der Waals surface area contributed by atoms with Crippen LogP contribution in [0.25, 0.3) is 0 Å². The lowest BCUT2D eigenvalue weighted by atomic mass is 10.2. The molecule has 5 nitrogen and oxygen atoms in total. The molecule has 0 bridgehead atoms. The summed E-state index contributed by atoms with van der Waals surface area (Å²) < 4.78 is 27.0. The van der Waals surface area contributed by atoms with Gasteiger partial charge in [0.2, 0.25) is 0 Å². The topological polar surface area (TPSA) is 55.8 Å². The zero-order chi connectivity index (χ0) is 16.8. The minimum atomic E-state index is -0.473. The van der Waals surface area contributed by atoms with Gasteiger partial charge in [-0.1, -0.05) is 0 Å². The van der Waals surface area contributed by atoms with E-state index in [2.05, 4.69) is 5.32 Å². The third-order valence-corrected chi connectivity index (χ3v) is 3.98. The Labute approximate surface area is 134 Å². The molecule has 1 unspecified atom stereocenters. The first-order valence-corrected chi connectivity index (χ1v) is 7.87. The summed E-state index contributed by atoms with van der Waals surface area (Å²) in [6.07, 6.45) is 1.37. The van der Waals surface area contributed by atoms with Gasteiger partial charge in [0.25, 0.3) is 0 Å². The molecular weight excluding hydrogens is 304 g/mol. The van der Waals surface area contributed by atoms with Crippen molar-refractivity contribution in [3.8, 4) is 0 Å². The van der Waals surface area contributed by atoms with Crippen LogP contribution >= 0.6 is 0 Å². The molecule has 7 heteroatoms. The Kier molecular flexibility index (Phi) is 6.15. The van der Waals surface area contributed by atoms with Crippen molar-refractivity contribution in [3.05, 3.63) is 29.8 Å². The average Bonchev–Trinajstić information content (AvgIpc) is 2.55. The molecule has 1 atom stereocenters. The molecule has 1 aromatic rings. The Morgan fingerprint density at radius 2 is 2.00 bits per heavy atom. The van der Waals surface area contributed by atoms with E-state index in [9.17, 15) is 13.6 Å².